The fourth-order valence-corrected chi connectivity index (χ4v) is 4.07. The van der Waals surface area contributed by atoms with E-state index in [0.29, 0.717) is 28.5 Å². The molecular weight excluding hydrogens is 372 g/mol. The third-order valence-electron chi connectivity index (χ3n) is 5.22. The second-order valence-electron chi connectivity index (χ2n) is 6.77. The summed E-state index contributed by atoms with van der Waals surface area (Å²) >= 11 is 6.04. The summed E-state index contributed by atoms with van der Waals surface area (Å²) in [6.45, 7) is 0.379. The fraction of sp³-hybridized carbons (Fsp3) is 0.333. The second kappa shape index (κ2) is 6.15. The van der Waals surface area contributed by atoms with Crippen molar-refractivity contribution < 1.29 is 19.7 Å². The van der Waals surface area contributed by atoms with Crippen LogP contribution in [-0.2, 0) is 16.1 Å². The van der Waals surface area contributed by atoms with Crippen molar-refractivity contribution in [3.8, 4) is 0 Å². The molecule has 0 spiro atoms. The van der Waals surface area contributed by atoms with Crippen molar-refractivity contribution in [2.45, 2.75) is 37.3 Å². The van der Waals surface area contributed by atoms with Crippen LogP contribution in [0.15, 0.2) is 36.8 Å². The Balaban J connectivity index is 1.49. The summed E-state index contributed by atoms with van der Waals surface area (Å²) < 4.78 is 13.5. The highest BCUT2D eigenvalue weighted by atomic mass is 35.5. The van der Waals surface area contributed by atoms with E-state index in [1.54, 1.807) is 22.9 Å². The molecule has 140 valence electrons. The number of nitrogens with two attached hydrogens (primary N) is 1. The molecule has 2 aromatic heterocycles. The molecule has 5 atom stereocenters. The first kappa shape index (κ1) is 16.9. The van der Waals surface area contributed by atoms with E-state index in [1.165, 1.54) is 6.33 Å². The van der Waals surface area contributed by atoms with Crippen LogP contribution in [0.4, 0.5) is 5.82 Å². The number of aliphatic hydroxyl groups excluding tert-OH is 2. The van der Waals surface area contributed by atoms with Gasteiger partial charge in [-0.1, -0.05) is 17.7 Å². The van der Waals surface area contributed by atoms with Crippen LogP contribution in [0.1, 0.15) is 23.5 Å². The first-order valence-corrected chi connectivity index (χ1v) is 8.91. The molecule has 4 heterocycles. The number of nitrogens with zero attached hydrogens (tertiary/aromatic N) is 3. The summed E-state index contributed by atoms with van der Waals surface area (Å²) in [4.78, 5) is 8.19. The number of halogens is 1. The zero-order valence-electron chi connectivity index (χ0n) is 14.1. The van der Waals surface area contributed by atoms with E-state index in [1.807, 2.05) is 12.1 Å². The predicted octanol–water partition coefficient (Wildman–Crippen LogP) is 1.56. The van der Waals surface area contributed by atoms with Gasteiger partial charge in [0.25, 0.3) is 0 Å². The summed E-state index contributed by atoms with van der Waals surface area (Å²) in [5, 5.41) is 22.6. The van der Waals surface area contributed by atoms with Gasteiger partial charge >= 0.3 is 0 Å². The maximum Gasteiger partial charge on any atom is 0.164 e. The van der Waals surface area contributed by atoms with Gasteiger partial charge in [-0.3, -0.25) is 0 Å². The summed E-state index contributed by atoms with van der Waals surface area (Å²) in [5.41, 5.74) is 8.26. The molecule has 1 fully saturated rings. The Morgan fingerprint density at radius 3 is 2.89 bits per heavy atom. The lowest BCUT2D eigenvalue weighted by Gasteiger charge is -2.22. The van der Waals surface area contributed by atoms with Gasteiger partial charge in [0, 0.05) is 11.2 Å². The Morgan fingerprint density at radius 2 is 2.04 bits per heavy atom. The number of nitrogen functional groups attached to an aromatic ring is 1. The molecule has 9 heteroatoms. The van der Waals surface area contributed by atoms with Gasteiger partial charge in [0.1, 0.15) is 42.2 Å². The van der Waals surface area contributed by atoms with Crippen molar-refractivity contribution in [2.75, 3.05) is 5.73 Å². The first-order chi connectivity index (χ1) is 13.0. The fourth-order valence-electron chi connectivity index (χ4n) is 3.88. The minimum Gasteiger partial charge on any atom is -0.387 e. The number of rotatable bonds is 2. The van der Waals surface area contributed by atoms with Crippen molar-refractivity contribution in [3.05, 3.63) is 52.9 Å². The third-order valence-corrected chi connectivity index (χ3v) is 5.45. The van der Waals surface area contributed by atoms with Crippen LogP contribution in [0.2, 0.25) is 5.02 Å². The van der Waals surface area contributed by atoms with Crippen LogP contribution in [-0.4, -0.2) is 43.1 Å². The molecule has 8 nitrogen and oxygen atoms in total. The number of ether oxygens (including phenoxy) is 2. The molecule has 2 aliphatic rings. The summed E-state index contributed by atoms with van der Waals surface area (Å²) in [6, 6.07) is 7.23. The molecule has 0 unspecified atom stereocenters. The highest BCUT2D eigenvalue weighted by Gasteiger charge is 2.49. The van der Waals surface area contributed by atoms with Gasteiger partial charge in [0.15, 0.2) is 6.23 Å². The van der Waals surface area contributed by atoms with Gasteiger partial charge < -0.3 is 30.0 Å². The maximum absolute atomic E-state index is 10.6. The Morgan fingerprint density at radius 1 is 1.19 bits per heavy atom. The lowest BCUT2D eigenvalue weighted by molar-refractivity contribution is -0.104. The second-order valence-corrected chi connectivity index (χ2v) is 7.20. The Hall–Kier alpha value is -2.23. The van der Waals surface area contributed by atoms with Crippen LogP contribution < -0.4 is 5.73 Å². The predicted molar refractivity (Wildman–Crippen MR) is 96.8 cm³/mol. The largest absolute Gasteiger partial charge is 0.387 e. The summed E-state index contributed by atoms with van der Waals surface area (Å²) in [6.07, 6.45) is -1.26. The number of aliphatic hydroxyl groups is 2. The average molecular weight is 389 g/mol. The van der Waals surface area contributed by atoms with Crippen LogP contribution in [0.3, 0.4) is 0 Å². The van der Waals surface area contributed by atoms with E-state index in [4.69, 9.17) is 26.8 Å². The van der Waals surface area contributed by atoms with Gasteiger partial charge in [-0.15, -0.1) is 0 Å². The SMILES string of the molecule is Nc1ncnc2c1ccn2[C@@H]1O[C@H]([C@@H]2OCc3cc(Cl)ccc32)[C@@H](O)[C@H]1O. The average Bonchev–Trinajstić information content (AvgIpc) is 3.33. The van der Waals surface area contributed by atoms with Crippen LogP contribution >= 0.6 is 11.6 Å². The molecule has 5 rings (SSSR count). The maximum atomic E-state index is 10.6. The molecule has 1 saturated heterocycles. The zero-order chi connectivity index (χ0) is 18.7. The van der Waals surface area contributed by atoms with Crippen molar-refractivity contribution in [3.63, 3.8) is 0 Å². The number of fused-ring (bicyclic) bond motifs is 2. The Labute approximate surface area is 159 Å². The summed E-state index contributed by atoms with van der Waals surface area (Å²) in [7, 11) is 0. The van der Waals surface area contributed by atoms with Crippen LogP contribution in [0.25, 0.3) is 11.0 Å². The van der Waals surface area contributed by atoms with Crippen LogP contribution in [0, 0.1) is 0 Å². The van der Waals surface area contributed by atoms with Crippen molar-refractivity contribution in [2.24, 2.45) is 0 Å². The minimum atomic E-state index is -1.15. The van der Waals surface area contributed by atoms with Gasteiger partial charge in [-0.05, 0) is 29.3 Å². The standard InChI is InChI=1S/C18H17ClN4O4/c19-9-1-2-10-8(5-9)6-26-14(10)15-12(24)13(25)18(27-15)23-4-3-11-16(20)21-7-22-17(11)23/h1-5,7,12-15,18,24-25H,6H2,(H2,20,21,22)/t12-,13+,14+,15-,18+/m0/s1. The van der Waals surface area contributed by atoms with E-state index < -0.39 is 30.6 Å². The van der Waals surface area contributed by atoms with Crippen LogP contribution in [0.5, 0.6) is 0 Å². The van der Waals surface area contributed by atoms with E-state index in [2.05, 4.69) is 9.97 Å². The molecule has 27 heavy (non-hydrogen) atoms. The van der Waals surface area contributed by atoms with Crippen molar-refractivity contribution in [1.82, 2.24) is 14.5 Å². The first-order valence-electron chi connectivity index (χ1n) is 8.53. The minimum absolute atomic E-state index is 0.341. The monoisotopic (exact) mass is 388 g/mol. The molecule has 1 aromatic carbocycles. The van der Waals surface area contributed by atoms with Crippen molar-refractivity contribution in [1.29, 1.82) is 0 Å². The number of aromatic nitrogens is 3. The Kier molecular flexibility index (Phi) is 3.85. The zero-order valence-corrected chi connectivity index (χ0v) is 14.8. The molecule has 0 radical (unpaired) electrons. The van der Waals surface area contributed by atoms with E-state index >= 15 is 0 Å². The molecule has 0 amide bonds. The topological polar surface area (TPSA) is 116 Å². The lowest BCUT2D eigenvalue weighted by Crippen LogP contribution is -2.34. The molecule has 2 aliphatic heterocycles. The number of benzene rings is 1. The number of hydrogen-bond donors (Lipinski definition) is 3. The molecule has 0 aliphatic carbocycles. The Bertz CT molecular complexity index is 1030. The molecule has 4 N–H and O–H groups in total. The van der Waals surface area contributed by atoms with E-state index in [9.17, 15) is 10.2 Å². The number of hydrogen-bond acceptors (Lipinski definition) is 7. The van der Waals surface area contributed by atoms with E-state index in [0.717, 1.165) is 11.1 Å². The third kappa shape index (κ3) is 2.53. The lowest BCUT2D eigenvalue weighted by atomic mass is 9.97. The normalized spacial score (nSPS) is 30.1. The molecule has 0 bridgehead atoms. The molecule has 3 aromatic rings. The smallest absolute Gasteiger partial charge is 0.164 e. The summed E-state index contributed by atoms with van der Waals surface area (Å²) in [5.74, 6) is 0.341. The quantitative estimate of drug-likeness (QED) is 0.610. The van der Waals surface area contributed by atoms with Gasteiger partial charge in [-0.2, -0.15) is 0 Å². The highest BCUT2D eigenvalue weighted by molar-refractivity contribution is 6.30. The van der Waals surface area contributed by atoms with Gasteiger partial charge in [0.2, 0.25) is 0 Å². The van der Waals surface area contributed by atoms with Crippen molar-refractivity contribution >= 4 is 28.5 Å². The molecule has 0 saturated carbocycles. The van der Waals surface area contributed by atoms with E-state index in [-0.39, 0.29) is 0 Å². The van der Waals surface area contributed by atoms with Gasteiger partial charge in [-0.25, -0.2) is 9.97 Å². The number of anilines is 1. The van der Waals surface area contributed by atoms with Gasteiger partial charge in [0.05, 0.1) is 12.0 Å². The molecular formula is C18H17ClN4O4. The highest BCUT2D eigenvalue weighted by Crippen LogP contribution is 2.43.